The molecule has 5 rings (SSSR count). The highest BCUT2D eigenvalue weighted by Gasteiger charge is 2.23. The summed E-state index contributed by atoms with van der Waals surface area (Å²) in [5.74, 6) is 1.62. The zero-order valence-electron chi connectivity index (χ0n) is 28.7. The lowest BCUT2D eigenvalue weighted by Crippen LogP contribution is -2.21. The van der Waals surface area contributed by atoms with E-state index < -0.39 is 10.0 Å². The highest BCUT2D eigenvalue weighted by molar-refractivity contribution is 7.92. The maximum Gasteiger partial charge on any atom is 0.294 e. The fourth-order valence-electron chi connectivity index (χ4n) is 5.59. The van der Waals surface area contributed by atoms with Crippen molar-refractivity contribution in [2.75, 3.05) is 0 Å². The number of fused-ring (bicyclic) bond motifs is 1. The van der Waals surface area contributed by atoms with Gasteiger partial charge in [-0.1, -0.05) is 64.1 Å². The maximum atomic E-state index is 13.8. The molecule has 0 saturated heterocycles. The number of allylic oxidation sites excluding steroid dienone is 1. The molecule has 0 amide bonds. The van der Waals surface area contributed by atoms with Crippen LogP contribution in [0, 0.1) is 5.92 Å². The van der Waals surface area contributed by atoms with Crippen molar-refractivity contribution in [3.05, 3.63) is 116 Å². The van der Waals surface area contributed by atoms with Crippen LogP contribution in [0.1, 0.15) is 64.1 Å². The summed E-state index contributed by atoms with van der Waals surface area (Å²) in [4.78, 5) is 18.7. The molecule has 0 spiro atoms. The number of nitrogens with two attached hydrogens (primary N) is 1. The molecule has 0 unspecified atom stereocenters. The number of aryl methyl sites for hydroxylation is 2. The van der Waals surface area contributed by atoms with Gasteiger partial charge in [0.05, 0.1) is 28.7 Å². The Labute approximate surface area is 291 Å². The molecule has 0 aliphatic heterocycles. The zero-order chi connectivity index (χ0) is 35.5. The first-order valence-electron chi connectivity index (χ1n) is 16.3. The molecule has 11 heteroatoms. The van der Waals surface area contributed by atoms with Crippen molar-refractivity contribution in [1.82, 2.24) is 9.55 Å². The lowest BCUT2D eigenvalue weighted by atomic mass is 10.0. The van der Waals surface area contributed by atoms with Crippen LogP contribution in [0.25, 0.3) is 22.0 Å². The van der Waals surface area contributed by atoms with Gasteiger partial charge < -0.3 is 20.1 Å². The summed E-state index contributed by atoms with van der Waals surface area (Å²) >= 11 is 1.06. The summed E-state index contributed by atoms with van der Waals surface area (Å²) in [5.41, 5.74) is 11.8. The molecule has 9 nitrogen and oxygen atoms in total. The van der Waals surface area contributed by atoms with Crippen LogP contribution in [0.5, 0.6) is 11.5 Å². The maximum absolute atomic E-state index is 13.8. The largest absolute Gasteiger partial charge is 0.596 e. The second-order valence-corrected chi connectivity index (χ2v) is 15.2. The van der Waals surface area contributed by atoms with Crippen molar-refractivity contribution in [1.29, 1.82) is 0 Å². The Morgan fingerprint density at radius 3 is 2.29 bits per heavy atom. The Balaban J connectivity index is 1.50. The van der Waals surface area contributed by atoms with Gasteiger partial charge in [-0.2, -0.15) is 8.42 Å². The van der Waals surface area contributed by atoms with Crippen LogP contribution in [0.15, 0.2) is 96.8 Å². The fourth-order valence-corrected chi connectivity index (χ4v) is 7.94. The van der Waals surface area contributed by atoms with E-state index >= 15 is 0 Å². The summed E-state index contributed by atoms with van der Waals surface area (Å²) < 4.78 is 38.4. The van der Waals surface area contributed by atoms with Crippen molar-refractivity contribution in [3.63, 3.8) is 0 Å². The van der Waals surface area contributed by atoms with Crippen LogP contribution >= 0.6 is 11.3 Å². The van der Waals surface area contributed by atoms with Crippen molar-refractivity contribution in [3.8, 4) is 22.6 Å². The van der Waals surface area contributed by atoms with E-state index in [0.717, 1.165) is 45.6 Å². The van der Waals surface area contributed by atoms with E-state index in [1.165, 1.54) is 12.5 Å². The van der Waals surface area contributed by atoms with Gasteiger partial charge in [-0.25, -0.2) is 0 Å². The van der Waals surface area contributed by atoms with Gasteiger partial charge in [-0.15, -0.1) is 15.7 Å². The summed E-state index contributed by atoms with van der Waals surface area (Å²) in [6.07, 6.45) is 2.36. The molecule has 4 N–H and O–H groups in total. The van der Waals surface area contributed by atoms with Gasteiger partial charge in [0.25, 0.3) is 15.6 Å². The van der Waals surface area contributed by atoms with Gasteiger partial charge in [0, 0.05) is 24.2 Å². The van der Waals surface area contributed by atoms with Crippen molar-refractivity contribution >= 4 is 38.1 Å². The number of thiophene rings is 1. The minimum absolute atomic E-state index is 0.0673. The quantitative estimate of drug-likeness (QED) is 0.0625. The van der Waals surface area contributed by atoms with E-state index in [1.54, 1.807) is 29.0 Å². The smallest absolute Gasteiger partial charge is 0.294 e. The minimum atomic E-state index is -4.11. The van der Waals surface area contributed by atoms with E-state index in [0.29, 0.717) is 53.5 Å². The van der Waals surface area contributed by atoms with E-state index in [4.69, 9.17) is 20.6 Å². The van der Waals surface area contributed by atoms with Crippen LogP contribution in [-0.2, 0) is 35.8 Å². The van der Waals surface area contributed by atoms with Gasteiger partial charge in [0.1, 0.15) is 21.5 Å². The minimum Gasteiger partial charge on any atom is -0.596 e. The highest BCUT2D eigenvalue weighted by atomic mass is 32.2. The van der Waals surface area contributed by atoms with E-state index in [1.807, 2.05) is 56.3 Å². The van der Waals surface area contributed by atoms with Gasteiger partial charge in [-0.3, -0.25) is 9.78 Å². The lowest BCUT2D eigenvalue weighted by molar-refractivity contribution is 0.410. The molecule has 0 saturated carbocycles. The molecule has 3 aromatic heterocycles. The number of hydrogen-bond donors (Lipinski definition) is 1. The van der Waals surface area contributed by atoms with E-state index in [2.05, 4.69) is 30.4 Å². The number of hydrogen-bond acceptors (Lipinski definition) is 6. The second-order valence-electron chi connectivity index (χ2n) is 12.5. The standard InChI is InChI=1S/C38H42N4O5S2/c1-7-29-20-33-36(32(8-2)40-29)34(47-30-15-11-26(12-16-30)19-23(3)4)21-35(44)42(33)22-27-9-13-28(14-10-27)31-17-18-48-38(31)49(45,46)41-37(39)24(5)25(6)43/h9-18,20-21,23,43H,7-8,19,22H2,1-6H3,(H2,39,41)/p+1/b25-24-. The van der Waals surface area contributed by atoms with Crippen molar-refractivity contribution in [2.45, 2.75) is 71.6 Å². The average Bonchev–Trinajstić information content (AvgIpc) is 3.57. The molecule has 0 fully saturated rings. The molecule has 49 heavy (non-hydrogen) atoms. The number of sulfonamides is 1. The molecule has 5 aromatic rings. The monoisotopic (exact) mass is 699 g/mol. The van der Waals surface area contributed by atoms with E-state index in [9.17, 15) is 13.2 Å². The topological polar surface area (TPSA) is 140 Å². The van der Waals surface area contributed by atoms with Crippen molar-refractivity contribution in [2.24, 2.45) is 16.0 Å². The van der Waals surface area contributed by atoms with Crippen molar-refractivity contribution < 1.29 is 18.3 Å². The number of aromatic nitrogens is 2. The van der Waals surface area contributed by atoms with Gasteiger partial charge in [0.2, 0.25) is 5.76 Å². The molecule has 0 bridgehead atoms. The first-order chi connectivity index (χ1) is 23.3. The van der Waals surface area contributed by atoms with Crippen LogP contribution in [0.4, 0.5) is 0 Å². The number of pyridine rings is 2. The molecule has 2 aromatic carbocycles. The summed E-state index contributed by atoms with van der Waals surface area (Å²) in [7, 11) is -4.11. The highest BCUT2D eigenvalue weighted by Crippen LogP contribution is 2.35. The Kier molecular flexibility index (Phi) is 10.7. The van der Waals surface area contributed by atoms with Crippen LogP contribution in [0.3, 0.4) is 0 Å². The molecule has 0 aliphatic rings. The molecule has 256 valence electrons. The predicted molar refractivity (Wildman–Crippen MR) is 199 cm³/mol. The van der Waals surface area contributed by atoms with Gasteiger partial charge in [0.15, 0.2) is 0 Å². The second kappa shape index (κ2) is 14.8. The third-order valence-corrected chi connectivity index (χ3v) is 11.1. The van der Waals surface area contributed by atoms with Gasteiger partial charge >= 0.3 is 0 Å². The molecule has 3 heterocycles. The molecular formula is C38H43N4O5S2+. The summed E-state index contributed by atoms with van der Waals surface area (Å²) in [6, 6.07) is 20.7. The molecular weight excluding hydrogens is 657 g/mol. The van der Waals surface area contributed by atoms with Crippen LogP contribution in [-0.4, -0.2) is 28.9 Å². The van der Waals surface area contributed by atoms with Crippen LogP contribution in [0.2, 0.25) is 0 Å². The first kappa shape index (κ1) is 35.6. The Hall–Kier alpha value is -4.74. The molecule has 0 atom stereocenters. The lowest BCUT2D eigenvalue weighted by Gasteiger charge is -2.18. The average molecular weight is 700 g/mol. The molecule has 0 aliphatic carbocycles. The SMILES string of the molecule is CCc1cc2c(c(Oc3ccc(CC(C)C)cc3)cc(=O)n2Cc2ccc(-c3ccsc3S(=O)(=O)/N=C(N)/C(C)=C(/C)[OH2+])cc2)c(CC)n1. The summed E-state index contributed by atoms with van der Waals surface area (Å²) in [6.45, 7) is 11.9. The van der Waals surface area contributed by atoms with Crippen LogP contribution < -0.4 is 16.0 Å². The van der Waals surface area contributed by atoms with Gasteiger partial charge in [-0.05, 0) is 78.4 Å². The third kappa shape index (κ3) is 7.95. The Morgan fingerprint density at radius 2 is 1.67 bits per heavy atom. The number of rotatable bonds is 12. The number of benzene rings is 2. The Bertz CT molecular complexity index is 2210. The Morgan fingerprint density at radius 1 is 1.00 bits per heavy atom. The molecule has 0 radical (unpaired) electrons. The normalized spacial score (nSPS) is 12.8. The third-order valence-electron chi connectivity index (χ3n) is 8.31. The zero-order valence-corrected chi connectivity index (χ0v) is 30.3. The number of amidine groups is 1. The van der Waals surface area contributed by atoms with E-state index in [-0.39, 0.29) is 21.4 Å². The number of nitrogens with zero attached hydrogens (tertiary/aromatic N) is 3. The number of ether oxygens (including phenoxy) is 1. The fraction of sp³-hybridized carbons (Fsp3) is 0.289. The predicted octanol–water partition coefficient (Wildman–Crippen LogP) is 7.35. The summed E-state index contributed by atoms with van der Waals surface area (Å²) in [5, 5.41) is 10.2. The first-order valence-corrected chi connectivity index (χ1v) is 18.6.